The van der Waals surface area contributed by atoms with Crippen LogP contribution in [0.4, 0.5) is 0 Å². The van der Waals surface area contributed by atoms with Gasteiger partial charge in [0.1, 0.15) is 0 Å². The molecular formula is C23H29N3O3S. The van der Waals surface area contributed by atoms with Gasteiger partial charge in [0.05, 0.1) is 27.2 Å². The van der Waals surface area contributed by atoms with Gasteiger partial charge in [0.15, 0.2) is 5.76 Å². The van der Waals surface area contributed by atoms with Crippen molar-refractivity contribution in [2.75, 3.05) is 27.2 Å². The number of thiazole rings is 1. The summed E-state index contributed by atoms with van der Waals surface area (Å²) in [6.07, 6.45) is 1.65. The number of carbonyl (C=O) groups excluding carboxylic acids is 2. The highest BCUT2D eigenvalue weighted by molar-refractivity contribution is 7.14. The van der Waals surface area contributed by atoms with Crippen molar-refractivity contribution >= 4 is 23.0 Å². The van der Waals surface area contributed by atoms with E-state index in [4.69, 9.17) is 0 Å². The summed E-state index contributed by atoms with van der Waals surface area (Å²) < 4.78 is 0. The quantitative estimate of drug-likeness (QED) is 0.648. The first-order chi connectivity index (χ1) is 14.2. The number of amides is 1. The Labute approximate surface area is 181 Å². The van der Waals surface area contributed by atoms with Gasteiger partial charge in [0.2, 0.25) is 5.78 Å². The Morgan fingerprint density at radius 2 is 1.90 bits per heavy atom. The number of ketones is 1. The van der Waals surface area contributed by atoms with Crippen molar-refractivity contribution in [2.24, 2.45) is 0 Å². The van der Waals surface area contributed by atoms with Gasteiger partial charge in [-0.05, 0) is 58.5 Å². The molecular weight excluding hydrogens is 398 g/mol. The third-order valence-electron chi connectivity index (χ3n) is 5.37. The van der Waals surface area contributed by atoms with Crippen LogP contribution in [0.15, 0.2) is 35.6 Å². The molecule has 6 nitrogen and oxygen atoms in total. The number of carbonyl (C=O) groups is 2. The molecule has 1 amide bonds. The zero-order valence-corrected chi connectivity index (χ0v) is 19.0. The SMILES string of the molecule is CCc1ccc(C2C(C(=O)c3sc(C)nc3C)=C(O)C(=O)N2CCCN(C)C)cc1. The molecule has 2 heterocycles. The minimum absolute atomic E-state index is 0.154. The average Bonchev–Trinajstić information content (AvgIpc) is 3.18. The molecule has 7 heteroatoms. The summed E-state index contributed by atoms with van der Waals surface area (Å²) in [5.41, 5.74) is 2.79. The van der Waals surface area contributed by atoms with Gasteiger partial charge in [-0.25, -0.2) is 4.98 Å². The average molecular weight is 428 g/mol. The number of aryl methyl sites for hydroxylation is 3. The molecule has 1 unspecified atom stereocenters. The van der Waals surface area contributed by atoms with Crippen LogP contribution in [-0.2, 0) is 11.2 Å². The van der Waals surface area contributed by atoms with E-state index in [1.165, 1.54) is 16.9 Å². The van der Waals surface area contributed by atoms with Crippen LogP contribution in [0.1, 0.15) is 50.9 Å². The van der Waals surface area contributed by atoms with Crippen LogP contribution in [0.2, 0.25) is 0 Å². The molecule has 2 aromatic rings. The summed E-state index contributed by atoms with van der Waals surface area (Å²) in [7, 11) is 3.96. The molecule has 0 bridgehead atoms. The van der Waals surface area contributed by atoms with E-state index in [9.17, 15) is 14.7 Å². The lowest BCUT2D eigenvalue weighted by Gasteiger charge is -2.27. The molecule has 3 rings (SSSR count). The van der Waals surface area contributed by atoms with Crippen molar-refractivity contribution < 1.29 is 14.7 Å². The second kappa shape index (κ2) is 9.10. The maximum absolute atomic E-state index is 13.4. The number of aliphatic hydroxyl groups excluding tert-OH is 1. The second-order valence-corrected chi connectivity index (χ2v) is 9.10. The predicted octanol–water partition coefficient (Wildman–Crippen LogP) is 3.85. The molecule has 0 spiro atoms. The maximum Gasteiger partial charge on any atom is 0.290 e. The Bertz CT molecular complexity index is 976. The van der Waals surface area contributed by atoms with Gasteiger partial charge in [-0.15, -0.1) is 11.3 Å². The topological polar surface area (TPSA) is 73.7 Å². The van der Waals surface area contributed by atoms with Crippen LogP contribution < -0.4 is 0 Å². The molecule has 0 aliphatic carbocycles. The van der Waals surface area contributed by atoms with E-state index in [2.05, 4.69) is 16.8 Å². The van der Waals surface area contributed by atoms with E-state index in [1.54, 1.807) is 11.8 Å². The van der Waals surface area contributed by atoms with Crippen molar-refractivity contribution in [3.05, 3.63) is 62.3 Å². The lowest BCUT2D eigenvalue weighted by atomic mass is 9.94. The third kappa shape index (κ3) is 4.32. The van der Waals surface area contributed by atoms with E-state index in [0.29, 0.717) is 17.1 Å². The molecule has 0 saturated carbocycles. The fraction of sp³-hybridized carbons (Fsp3) is 0.435. The number of benzene rings is 1. The molecule has 1 aromatic heterocycles. The Kier molecular flexibility index (Phi) is 6.73. The Morgan fingerprint density at radius 3 is 2.43 bits per heavy atom. The highest BCUT2D eigenvalue weighted by Crippen LogP contribution is 2.40. The summed E-state index contributed by atoms with van der Waals surface area (Å²) in [5.74, 6) is -1.25. The smallest absolute Gasteiger partial charge is 0.290 e. The number of nitrogens with zero attached hydrogens (tertiary/aromatic N) is 3. The van der Waals surface area contributed by atoms with E-state index < -0.39 is 17.7 Å². The number of aliphatic hydroxyl groups is 1. The first-order valence-corrected chi connectivity index (χ1v) is 11.0. The van der Waals surface area contributed by atoms with Crippen molar-refractivity contribution in [3.8, 4) is 0 Å². The van der Waals surface area contributed by atoms with Gasteiger partial charge in [-0.1, -0.05) is 31.2 Å². The van der Waals surface area contributed by atoms with Crippen molar-refractivity contribution in [2.45, 2.75) is 39.7 Å². The van der Waals surface area contributed by atoms with E-state index >= 15 is 0 Å². The highest BCUT2D eigenvalue weighted by Gasteiger charge is 2.44. The minimum atomic E-state index is -0.597. The first-order valence-electron chi connectivity index (χ1n) is 10.2. The summed E-state index contributed by atoms with van der Waals surface area (Å²) >= 11 is 1.30. The van der Waals surface area contributed by atoms with Crippen LogP contribution >= 0.6 is 11.3 Å². The summed E-state index contributed by atoms with van der Waals surface area (Å²) in [6.45, 7) is 6.97. The molecule has 1 aromatic carbocycles. The highest BCUT2D eigenvalue weighted by atomic mass is 32.1. The normalized spacial score (nSPS) is 16.8. The Balaban J connectivity index is 2.03. The van der Waals surface area contributed by atoms with E-state index in [0.717, 1.165) is 30.0 Å². The molecule has 30 heavy (non-hydrogen) atoms. The van der Waals surface area contributed by atoms with Gasteiger partial charge in [0.25, 0.3) is 5.91 Å². The van der Waals surface area contributed by atoms with Gasteiger partial charge in [-0.2, -0.15) is 0 Å². The molecule has 1 aliphatic rings. The van der Waals surface area contributed by atoms with Gasteiger partial charge in [0, 0.05) is 6.54 Å². The molecule has 0 fully saturated rings. The zero-order valence-electron chi connectivity index (χ0n) is 18.2. The lowest BCUT2D eigenvalue weighted by Crippen LogP contribution is -2.33. The summed E-state index contributed by atoms with van der Waals surface area (Å²) in [6, 6.07) is 7.33. The van der Waals surface area contributed by atoms with E-state index in [1.807, 2.05) is 45.3 Å². The summed E-state index contributed by atoms with van der Waals surface area (Å²) in [4.78, 5) is 34.9. The first kappa shape index (κ1) is 22.2. The number of Topliss-reactive ketones (excluding diaryl/α,β-unsaturated/α-hetero) is 1. The van der Waals surface area contributed by atoms with Crippen LogP contribution in [0.5, 0.6) is 0 Å². The predicted molar refractivity (Wildman–Crippen MR) is 119 cm³/mol. The number of rotatable bonds is 8. The molecule has 0 radical (unpaired) electrons. The molecule has 0 saturated heterocycles. The Morgan fingerprint density at radius 1 is 1.23 bits per heavy atom. The van der Waals surface area contributed by atoms with Crippen LogP contribution in [-0.4, -0.2) is 58.8 Å². The largest absolute Gasteiger partial charge is 0.503 e. The van der Waals surface area contributed by atoms with Crippen molar-refractivity contribution in [1.29, 1.82) is 0 Å². The van der Waals surface area contributed by atoms with Gasteiger partial charge in [-0.3, -0.25) is 9.59 Å². The van der Waals surface area contributed by atoms with Crippen molar-refractivity contribution in [1.82, 2.24) is 14.8 Å². The summed E-state index contributed by atoms with van der Waals surface area (Å²) in [5, 5.41) is 11.5. The molecule has 1 N–H and O–H groups in total. The maximum atomic E-state index is 13.4. The zero-order chi connectivity index (χ0) is 22.0. The third-order valence-corrected chi connectivity index (χ3v) is 6.44. The molecule has 160 valence electrons. The second-order valence-electron chi connectivity index (χ2n) is 7.89. The van der Waals surface area contributed by atoms with Gasteiger partial charge < -0.3 is 14.9 Å². The van der Waals surface area contributed by atoms with Gasteiger partial charge >= 0.3 is 0 Å². The monoisotopic (exact) mass is 427 g/mol. The van der Waals surface area contributed by atoms with Crippen molar-refractivity contribution in [3.63, 3.8) is 0 Å². The van der Waals surface area contributed by atoms with Crippen LogP contribution in [0, 0.1) is 13.8 Å². The van der Waals surface area contributed by atoms with Crippen LogP contribution in [0.25, 0.3) is 0 Å². The number of aromatic nitrogens is 1. The fourth-order valence-corrected chi connectivity index (χ4v) is 4.69. The number of hydrogen-bond donors (Lipinski definition) is 1. The molecule has 1 aliphatic heterocycles. The lowest BCUT2D eigenvalue weighted by molar-refractivity contribution is -0.129. The minimum Gasteiger partial charge on any atom is -0.503 e. The molecule has 1 atom stereocenters. The number of hydrogen-bond acceptors (Lipinski definition) is 6. The Hall–Kier alpha value is -2.51. The van der Waals surface area contributed by atoms with Crippen LogP contribution in [0.3, 0.4) is 0 Å². The standard InChI is InChI=1S/C23H29N3O3S/c1-6-16-8-10-17(11-9-16)19-18(20(27)22-14(2)24-15(3)30-22)21(28)23(29)26(19)13-7-12-25(4)5/h8-11,19,28H,6-7,12-13H2,1-5H3. The fourth-order valence-electron chi connectivity index (χ4n) is 3.82. The van der Waals surface area contributed by atoms with E-state index in [-0.39, 0.29) is 11.4 Å².